The number of benzene rings is 2. The molecule has 0 aliphatic rings. The first-order valence-electron chi connectivity index (χ1n) is 8.34. The number of nitro groups is 2. The second-order valence-corrected chi connectivity index (χ2v) is 7.21. The number of hydrogen-bond acceptors (Lipinski definition) is 6. The van der Waals surface area contributed by atoms with E-state index in [1.54, 1.807) is 0 Å². The van der Waals surface area contributed by atoms with Gasteiger partial charge < -0.3 is 4.57 Å². The maximum absolute atomic E-state index is 12.6. The Hall–Kier alpha value is -3.40. The standard InChI is InChI=1S/C18H16N4O5S/c1-4-20-15-6-10(2)5-11(3)16(15)28-18(20)19-17(23)12-7-13(21(24)25)9-14(8-12)22(26)27/h5-9H,4H2,1-3H3. The molecule has 0 aliphatic carbocycles. The smallest absolute Gasteiger partial charge is 0.280 e. The summed E-state index contributed by atoms with van der Waals surface area (Å²) < 4.78 is 2.87. The molecule has 0 fully saturated rings. The molecule has 0 bridgehead atoms. The third-order valence-electron chi connectivity index (χ3n) is 4.20. The summed E-state index contributed by atoms with van der Waals surface area (Å²) in [4.78, 5) is 37.7. The van der Waals surface area contributed by atoms with Crippen LogP contribution in [0.15, 0.2) is 35.3 Å². The maximum atomic E-state index is 12.6. The summed E-state index contributed by atoms with van der Waals surface area (Å²) in [6.07, 6.45) is 0. The quantitative estimate of drug-likeness (QED) is 0.486. The number of carbonyl (C=O) groups is 1. The summed E-state index contributed by atoms with van der Waals surface area (Å²) in [6.45, 7) is 6.45. The SMILES string of the molecule is CCn1c(=NC(=O)c2cc([N+](=O)[O-])cc([N+](=O)[O-])c2)sc2c(C)cc(C)cc21. The van der Waals surface area contributed by atoms with E-state index in [2.05, 4.69) is 4.99 Å². The highest BCUT2D eigenvalue weighted by molar-refractivity contribution is 7.16. The summed E-state index contributed by atoms with van der Waals surface area (Å²) >= 11 is 1.34. The van der Waals surface area contributed by atoms with Crippen LogP contribution in [0, 0.1) is 34.1 Å². The van der Waals surface area contributed by atoms with E-state index in [-0.39, 0.29) is 5.56 Å². The highest BCUT2D eigenvalue weighted by Crippen LogP contribution is 2.25. The van der Waals surface area contributed by atoms with Crippen LogP contribution >= 0.6 is 11.3 Å². The van der Waals surface area contributed by atoms with Crippen LogP contribution in [0.25, 0.3) is 10.2 Å². The number of aryl methyl sites for hydroxylation is 3. The minimum absolute atomic E-state index is 0.200. The summed E-state index contributed by atoms with van der Waals surface area (Å²) in [6, 6.07) is 6.85. The molecule has 3 rings (SSSR count). The first-order chi connectivity index (χ1) is 13.2. The van der Waals surface area contributed by atoms with Crippen molar-refractivity contribution in [3.05, 3.63) is 72.1 Å². The molecule has 0 spiro atoms. The molecular formula is C18H16N4O5S. The average molecular weight is 400 g/mol. The Labute approximate surface area is 162 Å². The molecule has 0 unspecified atom stereocenters. The van der Waals surface area contributed by atoms with E-state index < -0.39 is 27.1 Å². The monoisotopic (exact) mass is 400 g/mol. The van der Waals surface area contributed by atoms with E-state index in [9.17, 15) is 25.0 Å². The number of nitro benzene ring substituents is 2. The molecule has 0 N–H and O–H groups in total. The third-order valence-corrected chi connectivity index (χ3v) is 5.43. The molecule has 0 radical (unpaired) electrons. The van der Waals surface area contributed by atoms with Crippen molar-refractivity contribution in [1.29, 1.82) is 0 Å². The molecule has 0 atom stereocenters. The zero-order valence-corrected chi connectivity index (χ0v) is 16.1. The minimum atomic E-state index is -0.776. The number of hydrogen-bond donors (Lipinski definition) is 0. The van der Waals surface area contributed by atoms with Gasteiger partial charge in [-0.1, -0.05) is 17.4 Å². The van der Waals surface area contributed by atoms with Gasteiger partial charge in [0.05, 0.1) is 31.7 Å². The van der Waals surface area contributed by atoms with E-state index in [0.717, 1.165) is 39.5 Å². The van der Waals surface area contributed by atoms with Crippen LogP contribution in [0.2, 0.25) is 0 Å². The summed E-state index contributed by atoms with van der Waals surface area (Å²) in [5, 5.41) is 22.1. The van der Waals surface area contributed by atoms with Crippen LogP contribution < -0.4 is 4.80 Å². The number of thiazole rings is 1. The highest BCUT2D eigenvalue weighted by Gasteiger charge is 2.20. The largest absolute Gasteiger partial charge is 0.317 e. The lowest BCUT2D eigenvalue weighted by Crippen LogP contribution is -2.16. The number of carbonyl (C=O) groups excluding carboxylic acids is 1. The summed E-state index contributed by atoms with van der Waals surface area (Å²) in [7, 11) is 0. The van der Waals surface area contributed by atoms with E-state index in [1.165, 1.54) is 11.3 Å². The molecule has 0 saturated heterocycles. The van der Waals surface area contributed by atoms with Gasteiger partial charge in [-0.25, -0.2) is 0 Å². The Balaban J connectivity index is 2.19. The lowest BCUT2D eigenvalue weighted by Gasteiger charge is -2.03. The van der Waals surface area contributed by atoms with Crippen LogP contribution in [0.4, 0.5) is 11.4 Å². The lowest BCUT2D eigenvalue weighted by atomic mass is 10.1. The topological polar surface area (TPSA) is 121 Å². The van der Waals surface area contributed by atoms with E-state index in [1.807, 2.05) is 37.5 Å². The Kier molecular flexibility index (Phi) is 5.06. The van der Waals surface area contributed by atoms with Gasteiger partial charge in [0, 0.05) is 18.7 Å². The second kappa shape index (κ2) is 7.31. The van der Waals surface area contributed by atoms with Crippen molar-refractivity contribution < 1.29 is 14.6 Å². The zero-order valence-electron chi connectivity index (χ0n) is 15.3. The number of non-ortho nitro benzene ring substituents is 2. The van der Waals surface area contributed by atoms with Crippen molar-refractivity contribution in [3.63, 3.8) is 0 Å². The summed E-state index contributed by atoms with van der Waals surface area (Å²) in [5.74, 6) is -0.769. The van der Waals surface area contributed by atoms with E-state index in [0.29, 0.717) is 11.3 Å². The van der Waals surface area contributed by atoms with Gasteiger partial charge in [-0.15, -0.1) is 0 Å². The molecule has 0 aliphatic heterocycles. The Morgan fingerprint density at radius 2 is 1.68 bits per heavy atom. The molecule has 144 valence electrons. The lowest BCUT2D eigenvalue weighted by molar-refractivity contribution is -0.394. The van der Waals surface area contributed by atoms with Gasteiger partial charge >= 0.3 is 0 Å². The maximum Gasteiger partial charge on any atom is 0.280 e. The second-order valence-electron chi connectivity index (χ2n) is 6.23. The number of aromatic nitrogens is 1. The van der Waals surface area contributed by atoms with Crippen molar-refractivity contribution in [1.82, 2.24) is 4.57 Å². The molecule has 9 nitrogen and oxygen atoms in total. The molecule has 10 heteroatoms. The molecule has 1 aromatic heterocycles. The number of fused-ring (bicyclic) bond motifs is 1. The summed E-state index contributed by atoms with van der Waals surface area (Å²) in [5.41, 5.74) is 1.83. The van der Waals surface area contributed by atoms with E-state index >= 15 is 0 Å². The Morgan fingerprint density at radius 3 is 2.21 bits per heavy atom. The molecular weight excluding hydrogens is 384 g/mol. The van der Waals surface area contributed by atoms with Gasteiger partial charge in [-0.05, 0) is 38.0 Å². The van der Waals surface area contributed by atoms with Crippen LogP contribution in [-0.2, 0) is 6.54 Å². The third kappa shape index (κ3) is 3.54. The number of amides is 1. The first-order valence-corrected chi connectivity index (χ1v) is 9.16. The van der Waals surface area contributed by atoms with Gasteiger partial charge in [0.1, 0.15) is 0 Å². The van der Waals surface area contributed by atoms with Crippen LogP contribution in [0.1, 0.15) is 28.4 Å². The molecule has 1 heterocycles. The van der Waals surface area contributed by atoms with Crippen LogP contribution in [0.3, 0.4) is 0 Å². The van der Waals surface area contributed by atoms with Gasteiger partial charge in [0.25, 0.3) is 17.3 Å². The molecule has 3 aromatic rings. The molecule has 2 aromatic carbocycles. The normalized spacial score (nSPS) is 11.8. The average Bonchev–Trinajstić information content (AvgIpc) is 2.98. The molecule has 0 saturated carbocycles. The van der Waals surface area contributed by atoms with Crippen LogP contribution in [-0.4, -0.2) is 20.3 Å². The van der Waals surface area contributed by atoms with Crippen molar-refractivity contribution in [2.75, 3.05) is 0 Å². The van der Waals surface area contributed by atoms with Crippen molar-refractivity contribution >= 4 is 38.8 Å². The predicted molar refractivity (Wildman–Crippen MR) is 105 cm³/mol. The molecule has 28 heavy (non-hydrogen) atoms. The highest BCUT2D eigenvalue weighted by atomic mass is 32.1. The number of nitrogens with zero attached hydrogens (tertiary/aromatic N) is 4. The number of rotatable bonds is 4. The fraction of sp³-hybridized carbons (Fsp3) is 0.222. The predicted octanol–water partition coefficient (Wildman–Crippen LogP) is 3.90. The van der Waals surface area contributed by atoms with Crippen molar-refractivity contribution in [3.8, 4) is 0 Å². The Bertz CT molecular complexity index is 1180. The van der Waals surface area contributed by atoms with E-state index in [4.69, 9.17) is 0 Å². The van der Waals surface area contributed by atoms with Gasteiger partial charge in [-0.3, -0.25) is 25.0 Å². The van der Waals surface area contributed by atoms with Gasteiger partial charge in [0.15, 0.2) is 4.80 Å². The van der Waals surface area contributed by atoms with Crippen LogP contribution in [0.5, 0.6) is 0 Å². The Morgan fingerprint density at radius 1 is 1.07 bits per heavy atom. The fourth-order valence-electron chi connectivity index (χ4n) is 2.98. The zero-order chi connectivity index (χ0) is 20.6. The van der Waals surface area contributed by atoms with Crippen molar-refractivity contribution in [2.45, 2.75) is 27.3 Å². The minimum Gasteiger partial charge on any atom is -0.317 e. The first kappa shape index (κ1) is 19.4. The van der Waals surface area contributed by atoms with Gasteiger partial charge in [-0.2, -0.15) is 4.99 Å². The van der Waals surface area contributed by atoms with Gasteiger partial charge in [0.2, 0.25) is 0 Å². The molecule has 1 amide bonds. The fourth-order valence-corrected chi connectivity index (χ4v) is 4.13. The van der Waals surface area contributed by atoms with Crippen molar-refractivity contribution in [2.24, 2.45) is 4.99 Å².